The fraction of sp³-hybridized carbons (Fsp3) is 0.571. The van der Waals surface area contributed by atoms with E-state index in [1.54, 1.807) is 6.07 Å². The Labute approximate surface area is 129 Å². The number of nitro benzene ring substituents is 1. The predicted molar refractivity (Wildman–Crippen MR) is 83.8 cm³/mol. The Hall–Kier alpha value is -1.21. The molecule has 0 bridgehead atoms. The van der Waals surface area contributed by atoms with E-state index in [0.29, 0.717) is 11.6 Å². The van der Waals surface area contributed by atoms with Crippen molar-refractivity contribution < 1.29 is 4.92 Å². The minimum absolute atomic E-state index is 0.0345. The van der Waals surface area contributed by atoms with Gasteiger partial charge in [0.2, 0.25) is 0 Å². The van der Waals surface area contributed by atoms with E-state index in [9.17, 15) is 10.1 Å². The first-order valence-corrected chi connectivity index (χ1v) is 7.48. The van der Waals surface area contributed by atoms with Crippen LogP contribution in [-0.4, -0.2) is 61.0 Å². The molecule has 2 rings (SSSR count). The van der Waals surface area contributed by atoms with E-state index >= 15 is 0 Å². The summed E-state index contributed by atoms with van der Waals surface area (Å²) < 4.78 is 0. The van der Waals surface area contributed by atoms with Crippen LogP contribution < -0.4 is 5.32 Å². The lowest BCUT2D eigenvalue weighted by atomic mass is 10.2. The van der Waals surface area contributed by atoms with Crippen LogP contribution in [0.2, 0.25) is 5.02 Å². The standard InChI is InChI=1S/C14H21ClN4O2/c1-17(8-9-18-6-4-16-5-7-18)11-12-2-3-13(19(20)21)10-14(12)15/h2-3,10,16H,4-9,11H2,1H3. The fourth-order valence-corrected chi connectivity index (χ4v) is 2.63. The third-order valence-corrected chi connectivity index (χ3v) is 4.05. The first-order chi connectivity index (χ1) is 10.1. The van der Waals surface area contributed by atoms with E-state index in [-0.39, 0.29) is 5.69 Å². The van der Waals surface area contributed by atoms with E-state index in [0.717, 1.165) is 44.8 Å². The second kappa shape index (κ2) is 7.70. The lowest BCUT2D eigenvalue weighted by molar-refractivity contribution is -0.384. The van der Waals surface area contributed by atoms with Crippen molar-refractivity contribution in [1.29, 1.82) is 0 Å². The summed E-state index contributed by atoms with van der Waals surface area (Å²) >= 11 is 6.12. The molecule has 1 N–H and O–H groups in total. The molecule has 0 saturated carbocycles. The second-order valence-corrected chi connectivity index (χ2v) is 5.77. The first-order valence-electron chi connectivity index (χ1n) is 7.10. The zero-order valence-corrected chi connectivity index (χ0v) is 13.0. The normalized spacial score (nSPS) is 16.3. The van der Waals surface area contributed by atoms with Crippen LogP contribution in [0.15, 0.2) is 18.2 Å². The van der Waals surface area contributed by atoms with Crippen LogP contribution in [0.5, 0.6) is 0 Å². The van der Waals surface area contributed by atoms with Crippen molar-refractivity contribution >= 4 is 17.3 Å². The van der Waals surface area contributed by atoms with Crippen molar-refractivity contribution in [2.45, 2.75) is 6.54 Å². The van der Waals surface area contributed by atoms with Crippen molar-refractivity contribution in [2.75, 3.05) is 46.3 Å². The molecule has 0 unspecified atom stereocenters. The Morgan fingerprint density at radius 2 is 2.14 bits per heavy atom. The average molecular weight is 313 g/mol. The van der Waals surface area contributed by atoms with E-state index in [1.807, 2.05) is 7.05 Å². The summed E-state index contributed by atoms with van der Waals surface area (Å²) in [5, 5.41) is 14.5. The maximum Gasteiger partial charge on any atom is 0.270 e. The molecular weight excluding hydrogens is 292 g/mol. The summed E-state index contributed by atoms with van der Waals surface area (Å²) in [4.78, 5) is 14.9. The van der Waals surface area contributed by atoms with Crippen molar-refractivity contribution in [2.24, 2.45) is 0 Å². The molecule has 0 radical (unpaired) electrons. The highest BCUT2D eigenvalue weighted by atomic mass is 35.5. The van der Waals surface area contributed by atoms with E-state index in [2.05, 4.69) is 15.1 Å². The van der Waals surface area contributed by atoms with Crippen LogP contribution in [0.3, 0.4) is 0 Å². The quantitative estimate of drug-likeness (QED) is 0.638. The number of hydrogen-bond donors (Lipinski definition) is 1. The molecule has 1 heterocycles. The van der Waals surface area contributed by atoms with Gasteiger partial charge in [-0.05, 0) is 18.7 Å². The van der Waals surface area contributed by atoms with Crippen LogP contribution >= 0.6 is 11.6 Å². The van der Waals surface area contributed by atoms with Gasteiger partial charge >= 0.3 is 0 Å². The van der Waals surface area contributed by atoms with Gasteiger partial charge in [-0.2, -0.15) is 0 Å². The van der Waals surface area contributed by atoms with Crippen molar-refractivity contribution in [3.8, 4) is 0 Å². The van der Waals surface area contributed by atoms with Crippen LogP contribution in [0.25, 0.3) is 0 Å². The third-order valence-electron chi connectivity index (χ3n) is 3.70. The van der Waals surface area contributed by atoms with E-state index in [1.165, 1.54) is 12.1 Å². The first kappa shape index (κ1) is 16.2. The zero-order chi connectivity index (χ0) is 15.2. The molecule has 116 valence electrons. The van der Waals surface area contributed by atoms with Gasteiger partial charge in [-0.3, -0.25) is 15.0 Å². The molecule has 0 atom stereocenters. The van der Waals surface area contributed by atoms with E-state index in [4.69, 9.17) is 11.6 Å². The van der Waals surface area contributed by atoms with Gasteiger partial charge < -0.3 is 10.2 Å². The summed E-state index contributed by atoms with van der Waals surface area (Å²) in [6.45, 7) is 6.97. The summed E-state index contributed by atoms with van der Waals surface area (Å²) in [5.74, 6) is 0. The highest BCUT2D eigenvalue weighted by Crippen LogP contribution is 2.23. The van der Waals surface area contributed by atoms with Gasteiger partial charge in [0.15, 0.2) is 0 Å². The molecule has 0 spiro atoms. The Morgan fingerprint density at radius 3 is 2.76 bits per heavy atom. The Morgan fingerprint density at radius 1 is 1.43 bits per heavy atom. The number of nitro groups is 1. The average Bonchev–Trinajstić information content (AvgIpc) is 2.48. The molecule has 7 heteroatoms. The Balaban J connectivity index is 1.84. The molecule has 1 aliphatic rings. The maximum atomic E-state index is 10.7. The fourth-order valence-electron chi connectivity index (χ4n) is 2.39. The summed E-state index contributed by atoms with van der Waals surface area (Å²) in [6, 6.07) is 4.66. The van der Waals surface area contributed by atoms with Gasteiger partial charge in [0.1, 0.15) is 0 Å². The second-order valence-electron chi connectivity index (χ2n) is 5.36. The smallest absolute Gasteiger partial charge is 0.270 e. The molecule has 6 nitrogen and oxygen atoms in total. The molecule has 1 fully saturated rings. The van der Waals surface area contributed by atoms with Crippen LogP contribution in [0.1, 0.15) is 5.56 Å². The highest BCUT2D eigenvalue weighted by molar-refractivity contribution is 6.31. The summed E-state index contributed by atoms with van der Waals surface area (Å²) in [6.07, 6.45) is 0. The van der Waals surface area contributed by atoms with Gasteiger partial charge in [0.05, 0.1) is 9.95 Å². The van der Waals surface area contributed by atoms with Crippen molar-refractivity contribution in [3.05, 3.63) is 38.9 Å². The third kappa shape index (κ3) is 4.93. The van der Waals surface area contributed by atoms with Crippen LogP contribution in [0.4, 0.5) is 5.69 Å². The lowest BCUT2D eigenvalue weighted by Crippen LogP contribution is -2.45. The summed E-state index contributed by atoms with van der Waals surface area (Å²) in [7, 11) is 2.04. The van der Waals surface area contributed by atoms with Gasteiger partial charge in [0, 0.05) is 57.9 Å². The topological polar surface area (TPSA) is 61.6 Å². The molecule has 1 aliphatic heterocycles. The molecule has 0 aromatic heterocycles. The number of benzene rings is 1. The number of likely N-dealkylation sites (N-methyl/N-ethyl adjacent to an activating group) is 1. The number of non-ortho nitro benzene ring substituents is 1. The predicted octanol–water partition coefficient (Wildman–Crippen LogP) is 1.59. The molecule has 0 amide bonds. The SMILES string of the molecule is CN(CCN1CCNCC1)Cc1ccc([N+](=O)[O-])cc1Cl. The molecule has 21 heavy (non-hydrogen) atoms. The number of hydrogen-bond acceptors (Lipinski definition) is 5. The molecule has 1 aromatic rings. The molecule has 0 aliphatic carbocycles. The van der Waals surface area contributed by atoms with Crippen LogP contribution in [0, 0.1) is 10.1 Å². The number of piperazine rings is 1. The number of halogens is 1. The van der Waals surface area contributed by atoms with Crippen LogP contribution in [-0.2, 0) is 6.54 Å². The van der Waals surface area contributed by atoms with Gasteiger partial charge in [-0.25, -0.2) is 0 Å². The number of nitrogens with zero attached hydrogens (tertiary/aromatic N) is 3. The van der Waals surface area contributed by atoms with Gasteiger partial charge in [-0.15, -0.1) is 0 Å². The van der Waals surface area contributed by atoms with Crippen molar-refractivity contribution in [3.63, 3.8) is 0 Å². The minimum Gasteiger partial charge on any atom is -0.314 e. The Kier molecular flexibility index (Phi) is 5.93. The number of nitrogens with one attached hydrogen (secondary N) is 1. The van der Waals surface area contributed by atoms with Gasteiger partial charge in [0.25, 0.3) is 5.69 Å². The summed E-state index contributed by atoms with van der Waals surface area (Å²) in [5.41, 5.74) is 0.956. The van der Waals surface area contributed by atoms with E-state index < -0.39 is 4.92 Å². The minimum atomic E-state index is -0.427. The monoisotopic (exact) mass is 312 g/mol. The molecule has 1 saturated heterocycles. The zero-order valence-electron chi connectivity index (χ0n) is 12.2. The van der Waals surface area contributed by atoms with Gasteiger partial charge in [-0.1, -0.05) is 11.6 Å². The highest BCUT2D eigenvalue weighted by Gasteiger charge is 2.13. The van der Waals surface area contributed by atoms with Crippen molar-refractivity contribution in [1.82, 2.24) is 15.1 Å². The lowest BCUT2D eigenvalue weighted by Gasteiger charge is -2.29. The molecular formula is C14H21ClN4O2. The number of rotatable bonds is 6. The molecule has 1 aromatic carbocycles. The Bertz CT molecular complexity index is 492. The maximum absolute atomic E-state index is 10.7. The largest absolute Gasteiger partial charge is 0.314 e.